The summed E-state index contributed by atoms with van der Waals surface area (Å²) in [7, 11) is 1.80. The van der Waals surface area contributed by atoms with E-state index in [4.69, 9.17) is 0 Å². The summed E-state index contributed by atoms with van der Waals surface area (Å²) >= 11 is 0. The predicted molar refractivity (Wildman–Crippen MR) is 120 cm³/mol. The fourth-order valence-electron chi connectivity index (χ4n) is 3.00. The second kappa shape index (κ2) is 10.7. The Morgan fingerprint density at radius 2 is 1.85 bits per heavy atom. The number of benzene rings is 1. The van der Waals surface area contributed by atoms with Gasteiger partial charge in [0.2, 0.25) is 5.91 Å². The number of carbonyl (C=O) groups is 1. The number of carbonyl (C=O) groups excluding carboxylic acids is 1. The molecule has 0 radical (unpaired) electrons. The molecule has 0 saturated heterocycles. The van der Waals surface area contributed by atoms with Gasteiger partial charge in [0, 0.05) is 31.7 Å². The van der Waals surface area contributed by atoms with Crippen molar-refractivity contribution in [3.05, 3.63) is 29.8 Å². The van der Waals surface area contributed by atoms with E-state index >= 15 is 0 Å². The smallest absolute Gasteiger partial charge is 0.226 e. The van der Waals surface area contributed by atoms with Crippen LogP contribution in [0.1, 0.15) is 52.0 Å². The first kappa shape index (κ1) is 22.7. The van der Waals surface area contributed by atoms with E-state index in [0.717, 1.165) is 23.8 Å². The predicted octanol–water partition coefficient (Wildman–Crippen LogP) is 4.14. The van der Waals surface area contributed by atoms with Gasteiger partial charge < -0.3 is 16.0 Å². The zero-order chi connectivity index (χ0) is 18.3. The molecule has 1 amide bonds. The lowest BCUT2D eigenvalue weighted by Crippen LogP contribution is -2.46. The fraction of sp³-hybridized carbons (Fsp3) is 0.600. The van der Waals surface area contributed by atoms with Gasteiger partial charge in [0.25, 0.3) is 0 Å². The van der Waals surface area contributed by atoms with Crippen LogP contribution in [0.15, 0.2) is 29.3 Å². The third kappa shape index (κ3) is 6.45. The number of nitrogens with zero attached hydrogens (tertiary/aromatic N) is 1. The number of halogens is 1. The van der Waals surface area contributed by atoms with Crippen LogP contribution in [0.25, 0.3) is 0 Å². The third-order valence-corrected chi connectivity index (χ3v) is 5.22. The van der Waals surface area contributed by atoms with Crippen LogP contribution in [0.5, 0.6) is 0 Å². The summed E-state index contributed by atoms with van der Waals surface area (Å²) in [6, 6.07) is 7.92. The lowest BCUT2D eigenvalue weighted by molar-refractivity contribution is -0.118. The number of nitrogens with one attached hydrogen (secondary N) is 3. The number of hydrogen-bond donors (Lipinski definition) is 3. The van der Waals surface area contributed by atoms with Crippen molar-refractivity contribution in [1.82, 2.24) is 10.6 Å². The van der Waals surface area contributed by atoms with E-state index in [0.29, 0.717) is 12.0 Å². The first-order valence-corrected chi connectivity index (χ1v) is 9.32. The summed E-state index contributed by atoms with van der Waals surface area (Å²) in [5.41, 5.74) is 2.45. The Hall–Kier alpha value is -1.31. The molecular weight excluding hydrogens is 439 g/mol. The lowest BCUT2D eigenvalue weighted by Gasteiger charge is -2.41. The lowest BCUT2D eigenvalue weighted by atomic mass is 9.67. The molecule has 6 heteroatoms. The zero-order valence-corrected chi connectivity index (χ0v) is 18.7. The quantitative estimate of drug-likeness (QED) is 0.318. The van der Waals surface area contributed by atoms with Crippen molar-refractivity contribution in [2.45, 2.75) is 53.0 Å². The van der Waals surface area contributed by atoms with Crippen LogP contribution >= 0.6 is 24.0 Å². The van der Waals surface area contributed by atoms with Crippen LogP contribution in [0.4, 0.5) is 5.69 Å². The van der Waals surface area contributed by atoms with Gasteiger partial charge in [-0.05, 0) is 42.4 Å². The van der Waals surface area contributed by atoms with Gasteiger partial charge in [0.15, 0.2) is 5.96 Å². The number of hydrogen-bond acceptors (Lipinski definition) is 2. The molecule has 5 nitrogen and oxygen atoms in total. The van der Waals surface area contributed by atoms with Gasteiger partial charge in [-0.15, -0.1) is 24.0 Å². The summed E-state index contributed by atoms with van der Waals surface area (Å²) in [4.78, 5) is 16.0. The molecule has 0 bridgehead atoms. The molecule has 0 atom stereocenters. The van der Waals surface area contributed by atoms with Crippen LogP contribution in [-0.2, 0) is 11.3 Å². The molecule has 146 valence electrons. The average Bonchev–Trinajstić information content (AvgIpc) is 2.58. The Morgan fingerprint density at radius 1 is 1.19 bits per heavy atom. The van der Waals surface area contributed by atoms with Crippen molar-refractivity contribution in [3.63, 3.8) is 0 Å². The van der Waals surface area contributed by atoms with Gasteiger partial charge in [0.1, 0.15) is 0 Å². The summed E-state index contributed by atoms with van der Waals surface area (Å²) in [6.07, 6.45) is 5.20. The van der Waals surface area contributed by atoms with E-state index in [-0.39, 0.29) is 35.8 Å². The maximum absolute atomic E-state index is 11.7. The Morgan fingerprint density at radius 3 is 2.31 bits per heavy atom. The van der Waals surface area contributed by atoms with Crippen molar-refractivity contribution >= 4 is 41.5 Å². The molecule has 0 unspecified atom stereocenters. The maximum Gasteiger partial charge on any atom is 0.226 e. The molecule has 0 spiro atoms. The number of anilines is 1. The molecule has 1 aromatic rings. The Balaban J connectivity index is 0.00000338. The van der Waals surface area contributed by atoms with E-state index in [1.807, 2.05) is 38.1 Å². The number of rotatable bonds is 7. The normalized spacial score (nSPS) is 15.7. The molecule has 1 saturated carbocycles. The second-order valence-electron chi connectivity index (χ2n) is 7.33. The van der Waals surface area contributed by atoms with E-state index in [9.17, 15) is 4.79 Å². The minimum atomic E-state index is -0.0159. The fourth-order valence-corrected chi connectivity index (χ4v) is 3.00. The van der Waals surface area contributed by atoms with Crippen LogP contribution in [0, 0.1) is 11.3 Å². The summed E-state index contributed by atoms with van der Waals surface area (Å²) < 4.78 is 0. The maximum atomic E-state index is 11.7. The Labute approximate surface area is 174 Å². The highest BCUT2D eigenvalue weighted by atomic mass is 127. The molecule has 1 aliphatic carbocycles. The minimum absolute atomic E-state index is 0. The van der Waals surface area contributed by atoms with Crippen LogP contribution in [0.3, 0.4) is 0 Å². The molecule has 2 rings (SSSR count). The highest BCUT2D eigenvalue weighted by molar-refractivity contribution is 14.0. The number of aliphatic imine (C=N–C) groups is 1. The Bertz CT molecular complexity index is 589. The second-order valence-corrected chi connectivity index (χ2v) is 7.33. The molecule has 1 aliphatic rings. The summed E-state index contributed by atoms with van der Waals surface area (Å²) in [6.45, 7) is 7.74. The highest BCUT2D eigenvalue weighted by Crippen LogP contribution is 2.42. The van der Waals surface area contributed by atoms with E-state index in [1.54, 1.807) is 7.05 Å². The SMILES string of the molecule is CCC1(CNC(=NC)NCc2ccc(NC(=O)C(C)C)cc2)CCC1.I. The minimum Gasteiger partial charge on any atom is -0.356 e. The van der Waals surface area contributed by atoms with Crippen molar-refractivity contribution in [3.8, 4) is 0 Å². The van der Waals surface area contributed by atoms with E-state index < -0.39 is 0 Å². The largest absolute Gasteiger partial charge is 0.356 e. The van der Waals surface area contributed by atoms with Crippen molar-refractivity contribution in [2.75, 3.05) is 18.9 Å². The van der Waals surface area contributed by atoms with Gasteiger partial charge in [-0.1, -0.05) is 39.3 Å². The number of amides is 1. The Kier molecular flexibility index (Phi) is 9.39. The molecule has 0 aromatic heterocycles. The van der Waals surface area contributed by atoms with Gasteiger partial charge in [-0.3, -0.25) is 9.79 Å². The van der Waals surface area contributed by atoms with Crippen LogP contribution < -0.4 is 16.0 Å². The first-order valence-electron chi connectivity index (χ1n) is 9.32. The van der Waals surface area contributed by atoms with Gasteiger partial charge in [0.05, 0.1) is 0 Å². The monoisotopic (exact) mass is 472 g/mol. The molecule has 0 heterocycles. The standard InChI is InChI=1S/C20H32N4O.HI/c1-5-20(11-6-12-20)14-23-19(21-4)22-13-16-7-9-17(10-8-16)24-18(25)15(2)3;/h7-10,15H,5-6,11-14H2,1-4H3,(H,24,25)(H2,21,22,23);1H. The molecule has 0 aliphatic heterocycles. The van der Waals surface area contributed by atoms with Crippen molar-refractivity contribution in [1.29, 1.82) is 0 Å². The third-order valence-electron chi connectivity index (χ3n) is 5.22. The molecule has 1 fully saturated rings. The summed E-state index contributed by atoms with van der Waals surface area (Å²) in [5.74, 6) is 0.867. The molecule has 1 aromatic carbocycles. The molecular formula is C20H33IN4O. The van der Waals surface area contributed by atoms with Gasteiger partial charge in [-0.25, -0.2) is 0 Å². The molecule has 3 N–H and O–H groups in total. The molecule has 26 heavy (non-hydrogen) atoms. The topological polar surface area (TPSA) is 65.5 Å². The highest BCUT2D eigenvalue weighted by Gasteiger charge is 2.34. The van der Waals surface area contributed by atoms with Crippen molar-refractivity contribution < 1.29 is 4.79 Å². The van der Waals surface area contributed by atoms with E-state index in [1.165, 1.54) is 25.7 Å². The van der Waals surface area contributed by atoms with Crippen LogP contribution in [-0.4, -0.2) is 25.5 Å². The number of guanidine groups is 1. The summed E-state index contributed by atoms with van der Waals surface area (Å²) in [5, 5.41) is 9.73. The van der Waals surface area contributed by atoms with Gasteiger partial charge in [-0.2, -0.15) is 0 Å². The van der Waals surface area contributed by atoms with Gasteiger partial charge >= 0.3 is 0 Å². The first-order chi connectivity index (χ1) is 12.0. The zero-order valence-electron chi connectivity index (χ0n) is 16.4. The van der Waals surface area contributed by atoms with Crippen molar-refractivity contribution in [2.24, 2.45) is 16.3 Å². The van der Waals surface area contributed by atoms with E-state index in [2.05, 4.69) is 27.9 Å². The average molecular weight is 472 g/mol. The van der Waals surface area contributed by atoms with Crippen LogP contribution in [0.2, 0.25) is 0 Å².